The molecule has 5 nitrogen and oxygen atoms in total. The van der Waals surface area contributed by atoms with Crippen LogP contribution in [0.5, 0.6) is 0 Å². The molecule has 1 atom stereocenters. The molecule has 2 aliphatic heterocycles. The molecule has 1 saturated carbocycles. The highest BCUT2D eigenvalue weighted by Gasteiger charge is 2.51. The van der Waals surface area contributed by atoms with Crippen molar-refractivity contribution in [3.63, 3.8) is 0 Å². The van der Waals surface area contributed by atoms with Crippen molar-refractivity contribution < 1.29 is 14.3 Å². The summed E-state index contributed by atoms with van der Waals surface area (Å²) in [5, 5.41) is 3.15. The van der Waals surface area contributed by atoms with Crippen LogP contribution in [0.1, 0.15) is 41.6 Å². The molecular formula is C21H28N2O3. The van der Waals surface area contributed by atoms with E-state index in [-0.39, 0.29) is 23.1 Å². The Bertz CT molecular complexity index is 692. The number of benzene rings is 1. The molecule has 3 fully saturated rings. The monoisotopic (exact) mass is 356 g/mol. The second-order valence-electron chi connectivity index (χ2n) is 8.27. The quantitative estimate of drug-likeness (QED) is 0.901. The van der Waals surface area contributed by atoms with Crippen molar-refractivity contribution >= 4 is 11.8 Å². The van der Waals surface area contributed by atoms with Crippen LogP contribution in [-0.4, -0.2) is 49.6 Å². The van der Waals surface area contributed by atoms with Gasteiger partial charge in [-0.05, 0) is 50.7 Å². The zero-order valence-electron chi connectivity index (χ0n) is 15.5. The van der Waals surface area contributed by atoms with E-state index in [9.17, 15) is 9.59 Å². The minimum absolute atomic E-state index is 0.0389. The number of nitrogens with one attached hydrogen (secondary N) is 1. The van der Waals surface area contributed by atoms with Crippen molar-refractivity contribution in [1.82, 2.24) is 10.2 Å². The van der Waals surface area contributed by atoms with Gasteiger partial charge in [0.15, 0.2) is 0 Å². The van der Waals surface area contributed by atoms with E-state index in [2.05, 4.69) is 5.32 Å². The predicted octanol–water partition coefficient (Wildman–Crippen LogP) is 2.39. The van der Waals surface area contributed by atoms with Gasteiger partial charge in [0.25, 0.3) is 5.91 Å². The Morgan fingerprint density at radius 3 is 2.73 bits per heavy atom. The second-order valence-corrected chi connectivity index (χ2v) is 8.27. The van der Waals surface area contributed by atoms with E-state index in [0.29, 0.717) is 37.8 Å². The van der Waals surface area contributed by atoms with Crippen LogP contribution in [0.2, 0.25) is 0 Å². The zero-order valence-corrected chi connectivity index (χ0v) is 15.5. The van der Waals surface area contributed by atoms with Crippen LogP contribution in [0.4, 0.5) is 0 Å². The molecule has 1 aliphatic carbocycles. The number of hydrogen-bond acceptors (Lipinski definition) is 3. The minimum atomic E-state index is -0.134. The van der Waals surface area contributed by atoms with Crippen molar-refractivity contribution in [2.75, 3.05) is 32.8 Å². The number of carbonyl (C=O) groups is 2. The molecule has 1 spiro atoms. The first-order chi connectivity index (χ1) is 12.6. The smallest absolute Gasteiger partial charge is 0.253 e. The third kappa shape index (κ3) is 3.50. The van der Waals surface area contributed by atoms with Gasteiger partial charge in [0, 0.05) is 43.8 Å². The van der Waals surface area contributed by atoms with Crippen molar-refractivity contribution in [2.24, 2.45) is 17.3 Å². The summed E-state index contributed by atoms with van der Waals surface area (Å²) < 4.78 is 5.55. The fraction of sp³-hybridized carbons (Fsp3) is 0.619. The molecular weight excluding hydrogens is 328 g/mol. The van der Waals surface area contributed by atoms with Gasteiger partial charge in [-0.25, -0.2) is 0 Å². The molecule has 5 heteroatoms. The molecule has 3 aliphatic rings. The molecule has 1 aromatic rings. The number of nitrogens with zero attached hydrogens (tertiary/aromatic N) is 1. The van der Waals surface area contributed by atoms with Gasteiger partial charge in [-0.2, -0.15) is 0 Å². The Morgan fingerprint density at radius 1 is 1.27 bits per heavy atom. The summed E-state index contributed by atoms with van der Waals surface area (Å²) in [5.41, 5.74) is 1.66. The molecule has 0 bridgehead atoms. The zero-order chi connectivity index (χ0) is 18.1. The van der Waals surface area contributed by atoms with Gasteiger partial charge in [0.2, 0.25) is 5.91 Å². The Labute approximate surface area is 155 Å². The lowest BCUT2D eigenvalue weighted by Crippen LogP contribution is -2.44. The van der Waals surface area contributed by atoms with E-state index < -0.39 is 0 Å². The van der Waals surface area contributed by atoms with Crippen LogP contribution < -0.4 is 5.32 Å². The van der Waals surface area contributed by atoms with Crippen molar-refractivity contribution in [1.29, 1.82) is 0 Å². The highest BCUT2D eigenvalue weighted by Crippen LogP contribution is 2.45. The molecule has 4 rings (SSSR count). The number of hydrogen-bond donors (Lipinski definition) is 1. The van der Waals surface area contributed by atoms with Gasteiger partial charge in [0.05, 0.1) is 5.92 Å². The second kappa shape index (κ2) is 7.03. The van der Waals surface area contributed by atoms with Gasteiger partial charge in [-0.1, -0.05) is 17.7 Å². The first-order valence-electron chi connectivity index (χ1n) is 9.79. The van der Waals surface area contributed by atoms with Crippen LogP contribution in [0.15, 0.2) is 24.3 Å². The SMILES string of the molecule is Cc1cccc(C(=O)N2C[C@H](C(=O)NCC3CC3)C3(CCOCC3)C2)c1. The molecule has 26 heavy (non-hydrogen) atoms. The Kier molecular flexibility index (Phi) is 4.74. The Balaban J connectivity index is 1.52. The first kappa shape index (κ1) is 17.5. The minimum Gasteiger partial charge on any atom is -0.381 e. The summed E-state index contributed by atoms with van der Waals surface area (Å²) in [5.74, 6) is 0.699. The summed E-state index contributed by atoms with van der Waals surface area (Å²) in [6, 6.07) is 7.71. The largest absolute Gasteiger partial charge is 0.381 e. The third-order valence-corrected chi connectivity index (χ3v) is 6.27. The van der Waals surface area contributed by atoms with E-state index in [0.717, 1.165) is 24.9 Å². The lowest BCUT2D eigenvalue weighted by Gasteiger charge is -2.37. The molecule has 2 saturated heterocycles. The number of aryl methyl sites for hydroxylation is 1. The molecule has 0 unspecified atom stereocenters. The molecule has 1 aromatic carbocycles. The molecule has 140 valence electrons. The van der Waals surface area contributed by atoms with Crippen LogP contribution in [-0.2, 0) is 9.53 Å². The summed E-state index contributed by atoms with van der Waals surface area (Å²) in [6.07, 6.45) is 4.15. The highest BCUT2D eigenvalue weighted by molar-refractivity contribution is 5.95. The molecule has 0 aromatic heterocycles. The van der Waals surface area contributed by atoms with Crippen molar-refractivity contribution in [3.8, 4) is 0 Å². The van der Waals surface area contributed by atoms with Crippen LogP contribution in [0.3, 0.4) is 0 Å². The molecule has 2 amide bonds. The molecule has 2 heterocycles. The van der Waals surface area contributed by atoms with Gasteiger partial charge in [0.1, 0.15) is 0 Å². The summed E-state index contributed by atoms with van der Waals surface area (Å²) in [7, 11) is 0. The van der Waals surface area contributed by atoms with Crippen LogP contribution >= 0.6 is 0 Å². The third-order valence-electron chi connectivity index (χ3n) is 6.27. The number of rotatable bonds is 4. The summed E-state index contributed by atoms with van der Waals surface area (Å²) in [6.45, 7) is 5.31. The van der Waals surface area contributed by atoms with E-state index in [4.69, 9.17) is 4.74 Å². The maximum atomic E-state index is 13.0. The van der Waals surface area contributed by atoms with E-state index in [1.165, 1.54) is 12.8 Å². The van der Waals surface area contributed by atoms with Crippen LogP contribution in [0, 0.1) is 24.2 Å². The number of amides is 2. The van der Waals surface area contributed by atoms with E-state index in [1.807, 2.05) is 36.1 Å². The number of ether oxygens (including phenoxy) is 1. The number of likely N-dealkylation sites (tertiary alicyclic amines) is 1. The van der Waals surface area contributed by atoms with Gasteiger partial charge < -0.3 is 15.0 Å². The average molecular weight is 356 g/mol. The fourth-order valence-corrected chi connectivity index (χ4v) is 4.42. The Hall–Kier alpha value is -1.88. The Morgan fingerprint density at radius 2 is 2.04 bits per heavy atom. The van der Waals surface area contributed by atoms with Gasteiger partial charge >= 0.3 is 0 Å². The van der Waals surface area contributed by atoms with Gasteiger partial charge in [-0.3, -0.25) is 9.59 Å². The molecule has 0 radical (unpaired) electrons. The topological polar surface area (TPSA) is 58.6 Å². The lowest BCUT2D eigenvalue weighted by atomic mass is 9.71. The average Bonchev–Trinajstić information content (AvgIpc) is 3.41. The van der Waals surface area contributed by atoms with E-state index >= 15 is 0 Å². The summed E-state index contributed by atoms with van der Waals surface area (Å²) in [4.78, 5) is 27.8. The van der Waals surface area contributed by atoms with Crippen LogP contribution in [0.25, 0.3) is 0 Å². The predicted molar refractivity (Wildman–Crippen MR) is 98.8 cm³/mol. The highest BCUT2D eigenvalue weighted by atomic mass is 16.5. The fourth-order valence-electron chi connectivity index (χ4n) is 4.42. The normalized spacial score (nSPS) is 24.7. The van der Waals surface area contributed by atoms with Crippen molar-refractivity contribution in [3.05, 3.63) is 35.4 Å². The lowest BCUT2D eigenvalue weighted by molar-refractivity contribution is -0.129. The molecule has 1 N–H and O–H groups in total. The van der Waals surface area contributed by atoms with Gasteiger partial charge in [-0.15, -0.1) is 0 Å². The maximum absolute atomic E-state index is 13.0. The standard InChI is InChI=1S/C21H28N2O3/c1-15-3-2-4-17(11-15)20(25)23-13-18(19(24)22-12-16-5-6-16)21(14-23)7-9-26-10-8-21/h2-4,11,16,18H,5-10,12-14H2,1H3,(H,22,24)/t18-/m1/s1. The van der Waals surface area contributed by atoms with E-state index in [1.54, 1.807) is 0 Å². The van der Waals surface area contributed by atoms with Crippen molar-refractivity contribution in [2.45, 2.75) is 32.6 Å². The first-order valence-corrected chi connectivity index (χ1v) is 9.79. The maximum Gasteiger partial charge on any atom is 0.253 e. The number of carbonyl (C=O) groups excluding carboxylic acids is 2. The summed E-state index contributed by atoms with van der Waals surface area (Å²) >= 11 is 0.